The summed E-state index contributed by atoms with van der Waals surface area (Å²) in [6, 6.07) is 9.79. The summed E-state index contributed by atoms with van der Waals surface area (Å²) in [7, 11) is 0. The van der Waals surface area contributed by atoms with Gasteiger partial charge in [-0.15, -0.1) is 0 Å². The Morgan fingerprint density at radius 1 is 0.905 bits per heavy atom. The van der Waals surface area contributed by atoms with Gasteiger partial charge in [-0.1, -0.05) is 59.7 Å². The van der Waals surface area contributed by atoms with Crippen molar-refractivity contribution in [2.24, 2.45) is 0 Å². The van der Waals surface area contributed by atoms with Gasteiger partial charge in [-0.2, -0.15) is 0 Å². The molecule has 0 aliphatic carbocycles. The highest BCUT2D eigenvalue weighted by molar-refractivity contribution is 5.98. The van der Waals surface area contributed by atoms with Crippen molar-refractivity contribution in [1.82, 2.24) is 0 Å². The zero-order valence-electron chi connectivity index (χ0n) is 13.7. The Morgan fingerprint density at radius 3 is 1.95 bits per heavy atom. The maximum atomic E-state index is 11.4. The highest BCUT2D eigenvalue weighted by Crippen LogP contribution is 2.38. The van der Waals surface area contributed by atoms with E-state index >= 15 is 0 Å². The van der Waals surface area contributed by atoms with Crippen molar-refractivity contribution < 1.29 is 9.90 Å². The minimum atomic E-state index is -0.872. The van der Waals surface area contributed by atoms with Crippen LogP contribution in [0.5, 0.6) is 0 Å². The zero-order chi connectivity index (χ0) is 16.0. The Bertz CT molecular complexity index is 698. The van der Waals surface area contributed by atoms with Crippen LogP contribution in [0.2, 0.25) is 0 Å². The molecule has 2 nitrogen and oxygen atoms in total. The molecule has 0 aromatic heterocycles. The van der Waals surface area contributed by atoms with Gasteiger partial charge < -0.3 is 5.11 Å². The molecule has 2 aromatic rings. The number of carboxylic acid groups (broad SMARTS) is 1. The highest BCUT2D eigenvalue weighted by Gasteiger charge is 2.25. The van der Waals surface area contributed by atoms with Crippen LogP contribution < -0.4 is 0 Å². The predicted molar refractivity (Wildman–Crippen MR) is 88.3 cm³/mol. The maximum absolute atomic E-state index is 11.4. The van der Waals surface area contributed by atoms with Gasteiger partial charge in [0.05, 0.1) is 5.56 Å². The molecular formula is C19H24O2. The van der Waals surface area contributed by atoms with Gasteiger partial charge in [0.25, 0.3) is 0 Å². The Kier molecular flexibility index (Phi) is 3.61. The maximum Gasteiger partial charge on any atom is 0.335 e. The normalized spacial score (nSPS) is 12.7. The van der Waals surface area contributed by atoms with Crippen LogP contribution in [0.25, 0.3) is 10.8 Å². The average molecular weight is 284 g/mol. The van der Waals surface area contributed by atoms with Crippen LogP contribution in [0, 0.1) is 0 Å². The average Bonchev–Trinajstić information content (AvgIpc) is 2.34. The first kappa shape index (κ1) is 15.6. The Morgan fingerprint density at radius 2 is 1.48 bits per heavy atom. The summed E-state index contributed by atoms with van der Waals surface area (Å²) in [4.78, 5) is 11.4. The van der Waals surface area contributed by atoms with E-state index in [0.717, 1.165) is 10.9 Å². The van der Waals surface area contributed by atoms with Gasteiger partial charge in [0.15, 0.2) is 0 Å². The van der Waals surface area contributed by atoms with E-state index in [1.54, 1.807) is 6.07 Å². The summed E-state index contributed by atoms with van der Waals surface area (Å²) in [6.07, 6.45) is 0. The van der Waals surface area contributed by atoms with E-state index in [-0.39, 0.29) is 10.8 Å². The number of rotatable bonds is 1. The number of benzene rings is 2. The van der Waals surface area contributed by atoms with Crippen LogP contribution in [0.15, 0.2) is 30.3 Å². The molecule has 0 heterocycles. The van der Waals surface area contributed by atoms with Gasteiger partial charge in [-0.05, 0) is 44.9 Å². The molecule has 2 rings (SSSR count). The topological polar surface area (TPSA) is 37.3 Å². The Balaban J connectivity index is 2.97. The van der Waals surface area contributed by atoms with Crippen molar-refractivity contribution in [2.75, 3.05) is 0 Å². The summed E-state index contributed by atoms with van der Waals surface area (Å²) >= 11 is 0. The lowest BCUT2D eigenvalue weighted by Crippen LogP contribution is -2.18. The lowest BCUT2D eigenvalue weighted by Gasteiger charge is -2.28. The van der Waals surface area contributed by atoms with Crippen LogP contribution in [0.4, 0.5) is 0 Å². The highest BCUT2D eigenvalue weighted by atomic mass is 16.4. The molecule has 0 bridgehead atoms. The van der Waals surface area contributed by atoms with E-state index in [1.165, 1.54) is 10.9 Å². The first-order valence-corrected chi connectivity index (χ1v) is 7.33. The van der Waals surface area contributed by atoms with Crippen molar-refractivity contribution in [2.45, 2.75) is 52.4 Å². The third-order valence-corrected chi connectivity index (χ3v) is 3.84. The van der Waals surface area contributed by atoms with Crippen LogP contribution in [-0.4, -0.2) is 11.1 Å². The first-order valence-electron chi connectivity index (χ1n) is 7.33. The zero-order valence-corrected chi connectivity index (χ0v) is 13.7. The number of hydrogen-bond acceptors (Lipinski definition) is 1. The second kappa shape index (κ2) is 4.87. The van der Waals surface area contributed by atoms with Crippen molar-refractivity contribution in [3.05, 3.63) is 47.0 Å². The van der Waals surface area contributed by atoms with E-state index in [1.807, 2.05) is 18.2 Å². The van der Waals surface area contributed by atoms with Crippen LogP contribution >= 0.6 is 0 Å². The van der Waals surface area contributed by atoms with Gasteiger partial charge in [0, 0.05) is 0 Å². The Hall–Kier alpha value is -1.83. The molecule has 1 N–H and O–H groups in total. The van der Waals surface area contributed by atoms with Gasteiger partial charge >= 0.3 is 5.97 Å². The molecule has 0 aliphatic heterocycles. The smallest absolute Gasteiger partial charge is 0.335 e. The van der Waals surface area contributed by atoms with E-state index in [0.29, 0.717) is 5.56 Å². The third kappa shape index (κ3) is 2.94. The van der Waals surface area contributed by atoms with Crippen molar-refractivity contribution in [1.29, 1.82) is 0 Å². The molecule has 0 spiro atoms. The minimum Gasteiger partial charge on any atom is -0.478 e. The summed E-state index contributed by atoms with van der Waals surface area (Å²) in [5.74, 6) is -0.872. The number of carboxylic acids is 1. The number of hydrogen-bond donors (Lipinski definition) is 1. The number of fused-ring (bicyclic) bond motifs is 1. The quantitative estimate of drug-likeness (QED) is 0.788. The second-order valence-electron chi connectivity index (χ2n) is 7.73. The fourth-order valence-corrected chi connectivity index (χ4v) is 2.77. The van der Waals surface area contributed by atoms with Crippen LogP contribution in [-0.2, 0) is 10.8 Å². The minimum absolute atomic E-state index is 0.0181. The van der Waals surface area contributed by atoms with E-state index < -0.39 is 5.97 Å². The molecule has 0 aliphatic rings. The monoisotopic (exact) mass is 284 g/mol. The van der Waals surface area contributed by atoms with Gasteiger partial charge in [-0.25, -0.2) is 4.79 Å². The number of carbonyl (C=O) groups is 1. The lowest BCUT2D eigenvalue weighted by atomic mass is 9.76. The van der Waals surface area contributed by atoms with Crippen molar-refractivity contribution in [3.8, 4) is 0 Å². The fraction of sp³-hybridized carbons (Fsp3) is 0.421. The summed E-state index contributed by atoms with van der Waals surface area (Å²) in [5.41, 5.74) is 2.64. The molecule has 0 unspecified atom stereocenters. The van der Waals surface area contributed by atoms with E-state index in [9.17, 15) is 9.90 Å². The molecular weight excluding hydrogens is 260 g/mol. The largest absolute Gasteiger partial charge is 0.478 e. The molecule has 21 heavy (non-hydrogen) atoms. The lowest BCUT2D eigenvalue weighted by molar-refractivity contribution is 0.0697. The summed E-state index contributed by atoms with van der Waals surface area (Å²) < 4.78 is 0. The Labute approximate surface area is 126 Å². The molecule has 0 radical (unpaired) electrons. The first-order chi connectivity index (χ1) is 9.51. The van der Waals surface area contributed by atoms with Crippen molar-refractivity contribution in [3.63, 3.8) is 0 Å². The molecule has 0 fully saturated rings. The molecule has 112 valence electrons. The predicted octanol–water partition coefficient (Wildman–Crippen LogP) is 5.13. The summed E-state index contributed by atoms with van der Waals surface area (Å²) in [6.45, 7) is 13.0. The number of aromatic carboxylic acids is 1. The standard InChI is InChI=1S/C19H24O2/c1-18(2,3)14-9-7-8-12-10-13(17(20)21)11-15(16(12)14)19(4,5)6/h7-11H,1-6H3,(H,20,21). The molecule has 0 saturated heterocycles. The molecule has 0 amide bonds. The van der Waals surface area contributed by atoms with Gasteiger partial charge in [0.2, 0.25) is 0 Å². The van der Waals surface area contributed by atoms with Gasteiger partial charge in [-0.3, -0.25) is 0 Å². The summed E-state index contributed by atoms with van der Waals surface area (Å²) in [5, 5.41) is 11.6. The SMILES string of the molecule is CC(C)(C)c1cccc2cc(C(=O)O)cc(C(C)(C)C)c12. The fourth-order valence-electron chi connectivity index (χ4n) is 2.77. The van der Waals surface area contributed by atoms with Crippen LogP contribution in [0.3, 0.4) is 0 Å². The third-order valence-electron chi connectivity index (χ3n) is 3.84. The van der Waals surface area contributed by atoms with Crippen molar-refractivity contribution >= 4 is 16.7 Å². The van der Waals surface area contributed by atoms with E-state index in [4.69, 9.17) is 0 Å². The molecule has 2 aromatic carbocycles. The van der Waals surface area contributed by atoms with Gasteiger partial charge in [0.1, 0.15) is 0 Å². The second-order valence-corrected chi connectivity index (χ2v) is 7.73. The molecule has 0 atom stereocenters. The van der Waals surface area contributed by atoms with Crippen LogP contribution in [0.1, 0.15) is 63.0 Å². The molecule has 2 heteroatoms. The van der Waals surface area contributed by atoms with E-state index in [2.05, 4.69) is 47.6 Å². The molecule has 0 saturated carbocycles.